The number of nitrogens with zero attached hydrogens (tertiary/aromatic N) is 1. The molecule has 1 atom stereocenters. The summed E-state index contributed by atoms with van der Waals surface area (Å²) in [5.41, 5.74) is 6.06. The maximum Gasteiger partial charge on any atom is 0.222 e. The van der Waals surface area contributed by atoms with Crippen molar-refractivity contribution < 1.29 is 4.79 Å². The molecule has 3 nitrogen and oxygen atoms in total. The summed E-state index contributed by atoms with van der Waals surface area (Å²) >= 11 is 0. The molecular weight excluding hydrogens is 212 g/mol. The van der Waals surface area contributed by atoms with Gasteiger partial charge in [0, 0.05) is 19.5 Å². The van der Waals surface area contributed by atoms with Gasteiger partial charge in [0.1, 0.15) is 0 Å². The van der Waals surface area contributed by atoms with Crippen molar-refractivity contribution in [2.75, 3.05) is 19.6 Å². The van der Waals surface area contributed by atoms with Gasteiger partial charge >= 0.3 is 0 Å². The van der Waals surface area contributed by atoms with Crippen LogP contribution in [0.3, 0.4) is 0 Å². The van der Waals surface area contributed by atoms with E-state index in [0.29, 0.717) is 30.2 Å². The van der Waals surface area contributed by atoms with E-state index >= 15 is 0 Å². The molecule has 1 amide bonds. The highest BCUT2D eigenvalue weighted by Crippen LogP contribution is 2.30. The number of carbonyl (C=O) groups excluding carboxylic acids is 1. The molecule has 1 rings (SSSR count). The van der Waals surface area contributed by atoms with Gasteiger partial charge in [-0.3, -0.25) is 4.79 Å². The Morgan fingerprint density at radius 3 is 2.65 bits per heavy atom. The lowest BCUT2D eigenvalue weighted by Gasteiger charge is -2.24. The van der Waals surface area contributed by atoms with Crippen molar-refractivity contribution in [1.29, 1.82) is 0 Å². The number of rotatable bonds is 4. The Bertz CT molecular complexity index is 247. The predicted octanol–water partition coefficient (Wildman–Crippen LogP) is 2.40. The normalized spacial score (nSPS) is 22.0. The molecule has 0 radical (unpaired) electrons. The van der Waals surface area contributed by atoms with Gasteiger partial charge in [0.2, 0.25) is 5.91 Å². The fourth-order valence-corrected chi connectivity index (χ4v) is 2.44. The van der Waals surface area contributed by atoms with Crippen LogP contribution in [0.1, 0.15) is 52.9 Å². The Hall–Kier alpha value is -0.570. The molecular formula is C14H28N2O. The van der Waals surface area contributed by atoms with Crippen molar-refractivity contribution >= 4 is 5.91 Å². The first-order valence-corrected chi connectivity index (χ1v) is 6.96. The highest BCUT2D eigenvalue weighted by atomic mass is 16.2. The highest BCUT2D eigenvalue weighted by molar-refractivity contribution is 5.76. The summed E-state index contributed by atoms with van der Waals surface area (Å²) < 4.78 is 0. The zero-order valence-electron chi connectivity index (χ0n) is 11.7. The van der Waals surface area contributed by atoms with Gasteiger partial charge in [0.15, 0.2) is 0 Å². The van der Waals surface area contributed by atoms with Crippen molar-refractivity contribution in [3.05, 3.63) is 0 Å². The first-order valence-electron chi connectivity index (χ1n) is 6.96. The van der Waals surface area contributed by atoms with Gasteiger partial charge in [-0.25, -0.2) is 0 Å². The van der Waals surface area contributed by atoms with E-state index < -0.39 is 0 Å². The summed E-state index contributed by atoms with van der Waals surface area (Å²) in [4.78, 5) is 14.2. The summed E-state index contributed by atoms with van der Waals surface area (Å²) in [7, 11) is 0. The Kier molecular flexibility index (Phi) is 5.44. The summed E-state index contributed by atoms with van der Waals surface area (Å²) in [6, 6.07) is 0. The lowest BCUT2D eigenvalue weighted by molar-refractivity contribution is -0.132. The number of nitrogens with two attached hydrogens (primary N) is 1. The van der Waals surface area contributed by atoms with Gasteiger partial charge in [0.05, 0.1) is 0 Å². The molecule has 1 heterocycles. The van der Waals surface area contributed by atoms with E-state index in [0.717, 1.165) is 32.4 Å². The smallest absolute Gasteiger partial charge is 0.222 e. The van der Waals surface area contributed by atoms with Crippen LogP contribution in [0.15, 0.2) is 0 Å². The third-order valence-electron chi connectivity index (χ3n) is 4.07. The number of amides is 1. The van der Waals surface area contributed by atoms with Gasteiger partial charge in [0.25, 0.3) is 0 Å². The molecule has 0 saturated carbocycles. The van der Waals surface area contributed by atoms with Gasteiger partial charge in [-0.1, -0.05) is 27.2 Å². The van der Waals surface area contributed by atoms with E-state index in [2.05, 4.69) is 20.8 Å². The average Bonchev–Trinajstić information content (AvgIpc) is 2.46. The topological polar surface area (TPSA) is 46.3 Å². The van der Waals surface area contributed by atoms with Crippen LogP contribution in [0.2, 0.25) is 0 Å². The standard InChI is InChI=1S/C14H28N2O/c1-4-12(11-15)10-13(17)16-8-5-6-14(2,3)7-9-16/h12H,4-11,15H2,1-3H3. The van der Waals surface area contributed by atoms with E-state index in [1.165, 1.54) is 6.42 Å². The van der Waals surface area contributed by atoms with Crippen LogP contribution >= 0.6 is 0 Å². The Labute approximate surface area is 106 Å². The van der Waals surface area contributed by atoms with E-state index in [1.54, 1.807) is 0 Å². The van der Waals surface area contributed by atoms with E-state index in [1.807, 2.05) is 4.90 Å². The van der Waals surface area contributed by atoms with Crippen LogP contribution in [-0.2, 0) is 4.79 Å². The van der Waals surface area contributed by atoms with Crippen LogP contribution in [0.4, 0.5) is 0 Å². The maximum absolute atomic E-state index is 12.2. The molecule has 1 aliphatic rings. The fraction of sp³-hybridized carbons (Fsp3) is 0.929. The molecule has 2 N–H and O–H groups in total. The molecule has 1 fully saturated rings. The summed E-state index contributed by atoms with van der Waals surface area (Å²) in [6.07, 6.45) is 5.12. The Balaban J connectivity index is 2.47. The summed E-state index contributed by atoms with van der Waals surface area (Å²) in [5, 5.41) is 0. The molecule has 0 aromatic rings. The maximum atomic E-state index is 12.2. The van der Waals surface area contributed by atoms with Crippen molar-refractivity contribution in [2.45, 2.75) is 52.9 Å². The van der Waals surface area contributed by atoms with E-state index in [-0.39, 0.29) is 0 Å². The fourth-order valence-electron chi connectivity index (χ4n) is 2.44. The van der Waals surface area contributed by atoms with Crippen LogP contribution in [0.5, 0.6) is 0 Å². The first kappa shape index (κ1) is 14.5. The Morgan fingerprint density at radius 2 is 2.06 bits per heavy atom. The second-order valence-electron chi connectivity index (χ2n) is 6.11. The minimum atomic E-state index is 0.306. The molecule has 3 heteroatoms. The van der Waals surface area contributed by atoms with E-state index in [4.69, 9.17) is 5.73 Å². The highest BCUT2D eigenvalue weighted by Gasteiger charge is 2.25. The molecule has 0 aromatic heterocycles. The monoisotopic (exact) mass is 240 g/mol. The molecule has 0 spiro atoms. The lowest BCUT2D eigenvalue weighted by atomic mass is 9.85. The van der Waals surface area contributed by atoms with Crippen molar-refractivity contribution in [1.82, 2.24) is 4.90 Å². The quantitative estimate of drug-likeness (QED) is 0.820. The van der Waals surface area contributed by atoms with Gasteiger partial charge < -0.3 is 10.6 Å². The molecule has 1 unspecified atom stereocenters. The molecule has 1 aliphatic heterocycles. The molecule has 0 aromatic carbocycles. The zero-order valence-corrected chi connectivity index (χ0v) is 11.7. The molecule has 1 saturated heterocycles. The molecule has 0 bridgehead atoms. The SMILES string of the molecule is CCC(CN)CC(=O)N1CCCC(C)(C)CC1. The van der Waals surface area contributed by atoms with Crippen LogP contribution in [0.25, 0.3) is 0 Å². The number of carbonyl (C=O) groups is 1. The minimum Gasteiger partial charge on any atom is -0.343 e. The lowest BCUT2D eigenvalue weighted by Crippen LogP contribution is -2.34. The van der Waals surface area contributed by atoms with Gasteiger partial charge in [-0.15, -0.1) is 0 Å². The van der Waals surface area contributed by atoms with Crippen LogP contribution in [0, 0.1) is 11.3 Å². The third kappa shape index (κ3) is 4.66. The van der Waals surface area contributed by atoms with Crippen molar-refractivity contribution in [3.8, 4) is 0 Å². The van der Waals surface area contributed by atoms with Gasteiger partial charge in [-0.2, -0.15) is 0 Å². The summed E-state index contributed by atoms with van der Waals surface area (Å²) in [6.45, 7) is 9.19. The number of hydrogen-bond acceptors (Lipinski definition) is 2. The average molecular weight is 240 g/mol. The predicted molar refractivity (Wildman–Crippen MR) is 71.7 cm³/mol. The molecule has 100 valence electrons. The second kappa shape index (κ2) is 6.39. The zero-order chi connectivity index (χ0) is 12.9. The number of likely N-dealkylation sites (tertiary alicyclic amines) is 1. The van der Waals surface area contributed by atoms with E-state index in [9.17, 15) is 4.79 Å². The van der Waals surface area contributed by atoms with Crippen molar-refractivity contribution in [2.24, 2.45) is 17.1 Å². The Morgan fingerprint density at radius 1 is 1.35 bits per heavy atom. The third-order valence-corrected chi connectivity index (χ3v) is 4.07. The first-order chi connectivity index (χ1) is 7.98. The van der Waals surface area contributed by atoms with Crippen molar-refractivity contribution in [3.63, 3.8) is 0 Å². The minimum absolute atomic E-state index is 0.306. The van der Waals surface area contributed by atoms with Crippen LogP contribution < -0.4 is 5.73 Å². The number of hydrogen-bond donors (Lipinski definition) is 1. The van der Waals surface area contributed by atoms with Gasteiger partial charge in [-0.05, 0) is 37.1 Å². The van der Waals surface area contributed by atoms with Crippen LogP contribution in [-0.4, -0.2) is 30.4 Å². The molecule has 0 aliphatic carbocycles. The largest absolute Gasteiger partial charge is 0.343 e. The summed E-state index contributed by atoms with van der Waals surface area (Å²) in [5.74, 6) is 0.666. The second-order valence-corrected chi connectivity index (χ2v) is 6.11. The molecule has 17 heavy (non-hydrogen) atoms.